The molecule has 1 fully saturated rings. The summed E-state index contributed by atoms with van der Waals surface area (Å²) in [6.07, 6.45) is 1.91. The van der Waals surface area contributed by atoms with Gasteiger partial charge in [0, 0.05) is 12.1 Å². The molecular weight excluding hydrogens is 279 g/mol. The Morgan fingerprint density at radius 2 is 1.94 bits per heavy atom. The van der Waals surface area contributed by atoms with E-state index in [9.17, 15) is 0 Å². The van der Waals surface area contributed by atoms with E-state index in [0.717, 1.165) is 35.6 Å². The fourth-order valence-electron chi connectivity index (χ4n) is 2.00. The maximum atomic E-state index is 6.19. The molecule has 1 aromatic carbocycles. The molecule has 17 heavy (non-hydrogen) atoms. The third-order valence-corrected chi connectivity index (χ3v) is 4.08. The highest BCUT2D eigenvalue weighted by atomic mass is 35.5. The van der Waals surface area contributed by atoms with E-state index in [-0.39, 0.29) is 0 Å². The van der Waals surface area contributed by atoms with Gasteiger partial charge in [-0.1, -0.05) is 23.2 Å². The van der Waals surface area contributed by atoms with Crippen LogP contribution in [0.25, 0.3) is 0 Å². The summed E-state index contributed by atoms with van der Waals surface area (Å²) in [5.41, 5.74) is 8.02. The summed E-state index contributed by atoms with van der Waals surface area (Å²) in [4.78, 5) is 0. The molecule has 90 valence electrons. The minimum atomic E-state index is 0.294. The lowest BCUT2D eigenvalue weighted by Crippen LogP contribution is -2.44. The minimum Gasteiger partial charge on any atom is -0.379 e. The highest BCUT2D eigenvalue weighted by Gasteiger charge is 2.28. The van der Waals surface area contributed by atoms with Crippen LogP contribution in [0.5, 0.6) is 0 Å². The summed E-state index contributed by atoms with van der Waals surface area (Å²) in [7, 11) is 0. The number of fused-ring (bicyclic) bond motifs is 1. The molecule has 0 atom stereocenters. The number of hydrogen-bond acceptors (Lipinski definition) is 4. The smallest absolute Gasteiger partial charge is 0.130 e. The van der Waals surface area contributed by atoms with E-state index in [0.29, 0.717) is 27.8 Å². The van der Waals surface area contributed by atoms with Crippen molar-refractivity contribution in [3.05, 3.63) is 16.1 Å². The predicted molar refractivity (Wildman–Crippen MR) is 72.6 cm³/mol. The first-order chi connectivity index (χ1) is 8.15. The first kappa shape index (κ1) is 11.5. The van der Waals surface area contributed by atoms with E-state index in [1.165, 1.54) is 0 Å². The number of nitrogens with one attached hydrogen (secondary N) is 1. The maximum absolute atomic E-state index is 6.19. The molecule has 1 aliphatic heterocycles. The van der Waals surface area contributed by atoms with Crippen LogP contribution in [0, 0.1) is 0 Å². The van der Waals surface area contributed by atoms with Crippen molar-refractivity contribution in [2.75, 3.05) is 5.32 Å². The number of halogens is 2. The van der Waals surface area contributed by atoms with Crippen molar-refractivity contribution in [3.8, 4) is 0 Å². The number of hydrogen-bond donors (Lipinski definition) is 2. The molecule has 1 aromatic rings. The van der Waals surface area contributed by atoms with Gasteiger partial charge in [-0.15, -0.1) is 0 Å². The van der Waals surface area contributed by atoms with E-state index in [4.69, 9.17) is 28.9 Å². The highest BCUT2D eigenvalue weighted by molar-refractivity contribution is 7.58. The fraction of sp³-hybridized carbons (Fsp3) is 0.400. The molecule has 0 bridgehead atoms. The molecular formula is C10H10Cl2N4S. The Morgan fingerprint density at radius 1 is 1.24 bits per heavy atom. The second-order valence-electron chi connectivity index (χ2n) is 4.25. The van der Waals surface area contributed by atoms with Gasteiger partial charge in [0.15, 0.2) is 0 Å². The number of benzene rings is 1. The lowest BCUT2D eigenvalue weighted by Gasteiger charge is -2.34. The molecule has 3 N–H and O–H groups in total. The topological polar surface area (TPSA) is 62.8 Å². The standard InChI is InChI=1S/C10H10Cl2N4S/c11-6-3-7(12)9-10(16-17-15-9)8(6)14-5-1-4(13)2-5/h3-5,14H,1-2,13H2. The molecule has 3 rings (SSSR count). The minimum absolute atomic E-state index is 0.294. The Morgan fingerprint density at radius 3 is 2.65 bits per heavy atom. The number of rotatable bonds is 2. The van der Waals surface area contributed by atoms with Gasteiger partial charge in [0.25, 0.3) is 0 Å². The van der Waals surface area contributed by atoms with E-state index in [1.807, 2.05) is 0 Å². The largest absolute Gasteiger partial charge is 0.379 e. The summed E-state index contributed by atoms with van der Waals surface area (Å²) in [6.45, 7) is 0. The molecule has 4 nitrogen and oxygen atoms in total. The van der Waals surface area contributed by atoms with E-state index < -0.39 is 0 Å². The lowest BCUT2D eigenvalue weighted by atomic mass is 9.87. The molecule has 0 aromatic heterocycles. The van der Waals surface area contributed by atoms with E-state index in [2.05, 4.69) is 14.0 Å². The van der Waals surface area contributed by atoms with Crippen LogP contribution in [-0.4, -0.2) is 12.1 Å². The average Bonchev–Trinajstić information content (AvgIpc) is 2.70. The van der Waals surface area contributed by atoms with Crippen LogP contribution in [-0.2, 0) is 11.4 Å². The highest BCUT2D eigenvalue weighted by Crippen LogP contribution is 2.48. The van der Waals surface area contributed by atoms with Crippen molar-refractivity contribution in [2.45, 2.75) is 24.9 Å². The third-order valence-electron chi connectivity index (χ3n) is 2.97. The SMILES string of the molecule is NC1CC(Nc2c(Cl)cc(Cl)c3c2N=S=N3)C1. The Balaban J connectivity index is 1.94. The normalized spacial score (nSPS) is 25.1. The van der Waals surface area contributed by atoms with Crippen LogP contribution in [0.1, 0.15) is 12.8 Å². The zero-order chi connectivity index (χ0) is 12.0. The molecule has 0 amide bonds. The van der Waals surface area contributed by atoms with Gasteiger partial charge in [0.1, 0.15) is 11.4 Å². The molecule has 0 saturated heterocycles. The van der Waals surface area contributed by atoms with E-state index in [1.54, 1.807) is 6.07 Å². The van der Waals surface area contributed by atoms with Gasteiger partial charge < -0.3 is 11.1 Å². The summed E-state index contributed by atoms with van der Waals surface area (Å²) >= 11 is 13.4. The molecule has 0 radical (unpaired) electrons. The first-order valence-corrected chi connectivity index (χ1v) is 6.76. The quantitative estimate of drug-likeness (QED) is 0.886. The van der Waals surface area contributed by atoms with Gasteiger partial charge in [-0.25, -0.2) is 0 Å². The number of nitrogens with two attached hydrogens (primary N) is 1. The Hall–Kier alpha value is -0.620. The zero-order valence-corrected chi connectivity index (χ0v) is 11.1. The van der Waals surface area contributed by atoms with Crippen LogP contribution in [0.15, 0.2) is 14.8 Å². The molecule has 2 aliphatic rings. The zero-order valence-electron chi connectivity index (χ0n) is 8.78. The van der Waals surface area contributed by atoms with E-state index >= 15 is 0 Å². The van der Waals surface area contributed by atoms with Gasteiger partial charge in [-0.3, -0.25) is 0 Å². The van der Waals surface area contributed by atoms with Crippen molar-refractivity contribution in [2.24, 2.45) is 14.5 Å². The van der Waals surface area contributed by atoms with Crippen LogP contribution in [0.2, 0.25) is 10.0 Å². The number of nitrogens with zero attached hydrogens (tertiary/aromatic N) is 2. The molecule has 1 heterocycles. The lowest BCUT2D eigenvalue weighted by molar-refractivity contribution is 0.374. The van der Waals surface area contributed by atoms with Crippen molar-refractivity contribution >= 4 is 51.6 Å². The first-order valence-electron chi connectivity index (χ1n) is 5.27. The van der Waals surface area contributed by atoms with Crippen molar-refractivity contribution in [1.82, 2.24) is 0 Å². The predicted octanol–water partition coefficient (Wildman–Crippen LogP) is 3.62. The molecule has 0 spiro atoms. The fourth-order valence-corrected chi connectivity index (χ4v) is 3.16. The molecule has 7 heteroatoms. The van der Waals surface area contributed by atoms with Crippen LogP contribution >= 0.6 is 23.2 Å². The third kappa shape index (κ3) is 1.97. The molecule has 1 aliphatic carbocycles. The Labute approximate surface area is 112 Å². The Bertz CT molecular complexity index is 548. The monoisotopic (exact) mass is 288 g/mol. The van der Waals surface area contributed by atoms with Crippen LogP contribution < -0.4 is 11.1 Å². The summed E-state index contributed by atoms with van der Waals surface area (Å²) in [5, 5.41) is 4.48. The average molecular weight is 289 g/mol. The number of anilines is 1. The Kier molecular flexibility index (Phi) is 2.86. The molecule has 0 unspecified atom stereocenters. The van der Waals surface area contributed by atoms with Gasteiger partial charge in [0.05, 0.1) is 27.1 Å². The maximum Gasteiger partial charge on any atom is 0.130 e. The second kappa shape index (κ2) is 4.24. The van der Waals surface area contributed by atoms with Crippen molar-refractivity contribution in [1.29, 1.82) is 0 Å². The van der Waals surface area contributed by atoms with Crippen molar-refractivity contribution in [3.63, 3.8) is 0 Å². The van der Waals surface area contributed by atoms with Gasteiger partial charge >= 0.3 is 0 Å². The van der Waals surface area contributed by atoms with Gasteiger partial charge in [-0.05, 0) is 18.9 Å². The summed E-state index contributed by atoms with van der Waals surface area (Å²) in [6, 6.07) is 2.37. The van der Waals surface area contributed by atoms with Crippen LogP contribution in [0.3, 0.4) is 0 Å². The van der Waals surface area contributed by atoms with Gasteiger partial charge in [-0.2, -0.15) is 8.73 Å². The summed E-state index contributed by atoms with van der Waals surface area (Å²) in [5.74, 6) is 0. The summed E-state index contributed by atoms with van der Waals surface area (Å²) < 4.78 is 8.40. The van der Waals surface area contributed by atoms with Gasteiger partial charge in [0.2, 0.25) is 0 Å². The van der Waals surface area contributed by atoms with Crippen LogP contribution in [0.4, 0.5) is 17.1 Å². The second-order valence-corrected chi connectivity index (χ2v) is 5.59. The van der Waals surface area contributed by atoms with Crippen molar-refractivity contribution < 1.29 is 0 Å². The molecule has 1 saturated carbocycles.